The van der Waals surface area contributed by atoms with Crippen LogP contribution in [0.5, 0.6) is 5.75 Å². The van der Waals surface area contributed by atoms with E-state index in [0.29, 0.717) is 24.5 Å². The Morgan fingerprint density at radius 3 is 2.72 bits per heavy atom. The first kappa shape index (κ1) is 19.1. The molecule has 152 valence electrons. The predicted octanol–water partition coefficient (Wildman–Crippen LogP) is 2.02. The van der Waals surface area contributed by atoms with Gasteiger partial charge in [0.05, 0.1) is 6.54 Å². The van der Waals surface area contributed by atoms with Crippen molar-refractivity contribution in [1.82, 2.24) is 24.7 Å². The summed E-state index contributed by atoms with van der Waals surface area (Å²) in [6, 6.07) is 9.70. The summed E-state index contributed by atoms with van der Waals surface area (Å²) in [6.07, 6.45) is 3.14. The highest BCUT2D eigenvalue weighted by atomic mass is 19.1. The lowest BCUT2D eigenvalue weighted by Crippen LogP contribution is -2.42. The Labute approximate surface area is 167 Å². The summed E-state index contributed by atoms with van der Waals surface area (Å²) in [7, 11) is 1.80. The largest absolute Gasteiger partial charge is 0.492 e. The molecule has 3 aromatic rings. The molecule has 1 saturated heterocycles. The minimum atomic E-state index is -0.298. The van der Waals surface area contributed by atoms with Gasteiger partial charge in [-0.3, -0.25) is 4.79 Å². The number of nitrogens with zero attached hydrogens (tertiary/aromatic N) is 6. The molecule has 1 aliphatic rings. The van der Waals surface area contributed by atoms with Crippen molar-refractivity contribution in [3.63, 3.8) is 0 Å². The van der Waals surface area contributed by atoms with Crippen molar-refractivity contribution in [2.75, 3.05) is 38.2 Å². The zero-order valence-electron chi connectivity index (χ0n) is 16.2. The summed E-state index contributed by atoms with van der Waals surface area (Å²) in [6.45, 7) is 2.41. The molecule has 3 heterocycles. The van der Waals surface area contributed by atoms with Crippen molar-refractivity contribution >= 4 is 17.4 Å². The molecule has 29 heavy (non-hydrogen) atoms. The lowest BCUT2D eigenvalue weighted by molar-refractivity contribution is -0.135. The zero-order valence-corrected chi connectivity index (χ0v) is 16.2. The van der Waals surface area contributed by atoms with Crippen LogP contribution in [0, 0.1) is 11.7 Å². The van der Waals surface area contributed by atoms with E-state index in [1.165, 1.54) is 12.1 Å². The number of fused-ring (bicyclic) bond motifs is 1. The summed E-state index contributed by atoms with van der Waals surface area (Å²) in [5.41, 5.74) is 0.711. The van der Waals surface area contributed by atoms with Crippen molar-refractivity contribution in [2.45, 2.75) is 12.8 Å². The Morgan fingerprint density at radius 2 is 1.97 bits per heavy atom. The van der Waals surface area contributed by atoms with E-state index < -0.39 is 0 Å². The number of carbonyl (C=O) groups excluding carboxylic acids is 1. The molecule has 0 N–H and O–H groups in total. The predicted molar refractivity (Wildman–Crippen MR) is 105 cm³/mol. The van der Waals surface area contributed by atoms with E-state index in [1.807, 2.05) is 12.1 Å². The first-order valence-electron chi connectivity index (χ1n) is 9.65. The molecule has 1 amide bonds. The first-order chi connectivity index (χ1) is 14.1. The standard InChI is InChI=1S/C20H23FN6O2/c1-25(12-13-29-17-4-2-16(21)3-5-17)20(28)15-8-10-26(11-9-15)19-7-6-18-23-22-14-27(18)24-19/h2-7,14-15H,8-13H2,1H3. The van der Waals surface area contributed by atoms with Gasteiger partial charge in [0.15, 0.2) is 5.65 Å². The highest BCUT2D eigenvalue weighted by molar-refractivity contribution is 5.79. The molecule has 4 rings (SSSR count). The van der Waals surface area contributed by atoms with E-state index in [-0.39, 0.29) is 17.6 Å². The molecule has 1 fully saturated rings. The summed E-state index contributed by atoms with van der Waals surface area (Å²) in [4.78, 5) is 16.6. The van der Waals surface area contributed by atoms with Crippen molar-refractivity contribution < 1.29 is 13.9 Å². The summed E-state index contributed by atoms with van der Waals surface area (Å²) in [5, 5.41) is 12.3. The van der Waals surface area contributed by atoms with Crippen LogP contribution >= 0.6 is 0 Å². The monoisotopic (exact) mass is 398 g/mol. The van der Waals surface area contributed by atoms with Crippen LogP contribution < -0.4 is 9.64 Å². The fourth-order valence-electron chi connectivity index (χ4n) is 3.50. The van der Waals surface area contributed by atoms with Crippen LogP contribution in [0.2, 0.25) is 0 Å². The summed E-state index contributed by atoms with van der Waals surface area (Å²) < 4.78 is 20.2. The van der Waals surface area contributed by atoms with Gasteiger partial charge in [0.1, 0.15) is 30.3 Å². The Hall–Kier alpha value is -3.23. The molecule has 9 heteroatoms. The topological polar surface area (TPSA) is 75.9 Å². The quantitative estimate of drug-likeness (QED) is 0.632. The third-order valence-corrected chi connectivity index (χ3v) is 5.20. The van der Waals surface area contributed by atoms with Crippen LogP contribution in [-0.4, -0.2) is 63.9 Å². The number of halogens is 1. The Kier molecular flexibility index (Phi) is 5.55. The molecular weight excluding hydrogens is 375 g/mol. The second-order valence-corrected chi connectivity index (χ2v) is 7.15. The van der Waals surface area contributed by atoms with Gasteiger partial charge < -0.3 is 14.5 Å². The molecule has 1 aromatic carbocycles. The molecule has 0 unspecified atom stereocenters. The van der Waals surface area contributed by atoms with Crippen LogP contribution in [0.15, 0.2) is 42.7 Å². The minimum Gasteiger partial charge on any atom is -0.492 e. The minimum absolute atomic E-state index is 0.000661. The number of hydrogen-bond donors (Lipinski definition) is 0. The van der Waals surface area contributed by atoms with E-state index in [1.54, 1.807) is 34.9 Å². The molecule has 8 nitrogen and oxygen atoms in total. The fraction of sp³-hybridized carbons (Fsp3) is 0.400. The second kappa shape index (κ2) is 8.42. The number of benzene rings is 1. The maximum atomic E-state index is 12.9. The highest BCUT2D eigenvalue weighted by Gasteiger charge is 2.27. The molecule has 0 saturated carbocycles. The van der Waals surface area contributed by atoms with Gasteiger partial charge >= 0.3 is 0 Å². The second-order valence-electron chi connectivity index (χ2n) is 7.15. The molecule has 1 aliphatic heterocycles. The summed E-state index contributed by atoms with van der Waals surface area (Å²) in [5.74, 6) is 1.30. The molecule has 0 atom stereocenters. The third kappa shape index (κ3) is 4.44. The van der Waals surface area contributed by atoms with Gasteiger partial charge in [0.2, 0.25) is 5.91 Å². The van der Waals surface area contributed by atoms with Crippen molar-refractivity contribution in [1.29, 1.82) is 0 Å². The van der Waals surface area contributed by atoms with Gasteiger partial charge in [-0.05, 0) is 49.2 Å². The maximum absolute atomic E-state index is 12.9. The van der Waals surface area contributed by atoms with Crippen LogP contribution in [0.25, 0.3) is 5.65 Å². The number of anilines is 1. The number of aromatic nitrogens is 4. The Morgan fingerprint density at radius 1 is 1.21 bits per heavy atom. The van der Waals surface area contributed by atoms with E-state index in [4.69, 9.17) is 4.74 Å². The van der Waals surface area contributed by atoms with Gasteiger partial charge in [0, 0.05) is 26.1 Å². The zero-order chi connectivity index (χ0) is 20.2. The van der Waals surface area contributed by atoms with Crippen LogP contribution in [0.1, 0.15) is 12.8 Å². The maximum Gasteiger partial charge on any atom is 0.225 e. The number of ether oxygens (including phenoxy) is 1. The fourth-order valence-corrected chi connectivity index (χ4v) is 3.50. The van der Waals surface area contributed by atoms with Gasteiger partial charge in [-0.1, -0.05) is 0 Å². The molecule has 0 bridgehead atoms. The van der Waals surface area contributed by atoms with Crippen molar-refractivity contribution in [3.05, 3.63) is 48.5 Å². The first-order valence-corrected chi connectivity index (χ1v) is 9.65. The normalized spacial score (nSPS) is 14.9. The van der Waals surface area contributed by atoms with Gasteiger partial charge in [-0.2, -0.15) is 4.52 Å². The third-order valence-electron chi connectivity index (χ3n) is 5.20. The smallest absolute Gasteiger partial charge is 0.225 e. The van der Waals surface area contributed by atoms with E-state index in [2.05, 4.69) is 20.2 Å². The molecular formula is C20H23FN6O2. The summed E-state index contributed by atoms with van der Waals surface area (Å²) >= 11 is 0. The SMILES string of the molecule is CN(CCOc1ccc(F)cc1)C(=O)C1CCN(c2ccc3nncn3n2)CC1. The van der Waals surface area contributed by atoms with E-state index >= 15 is 0 Å². The van der Waals surface area contributed by atoms with Crippen LogP contribution in [0.3, 0.4) is 0 Å². The van der Waals surface area contributed by atoms with E-state index in [9.17, 15) is 9.18 Å². The van der Waals surface area contributed by atoms with E-state index in [0.717, 1.165) is 31.7 Å². The average molecular weight is 398 g/mol. The van der Waals surface area contributed by atoms with Crippen LogP contribution in [-0.2, 0) is 4.79 Å². The number of amides is 1. The molecule has 0 spiro atoms. The van der Waals surface area contributed by atoms with Gasteiger partial charge in [0.25, 0.3) is 0 Å². The number of likely N-dealkylation sites (N-methyl/N-ethyl adjacent to an activating group) is 1. The van der Waals surface area contributed by atoms with Crippen molar-refractivity contribution in [2.24, 2.45) is 5.92 Å². The highest BCUT2D eigenvalue weighted by Crippen LogP contribution is 2.23. The van der Waals surface area contributed by atoms with Crippen LogP contribution in [0.4, 0.5) is 10.2 Å². The molecule has 0 aliphatic carbocycles. The Balaban J connectivity index is 1.25. The molecule has 0 radical (unpaired) electrons. The molecule has 2 aromatic heterocycles. The van der Waals surface area contributed by atoms with Gasteiger partial charge in [-0.25, -0.2) is 4.39 Å². The lowest BCUT2D eigenvalue weighted by atomic mass is 9.95. The average Bonchev–Trinajstić information content (AvgIpc) is 3.22. The number of carbonyl (C=O) groups is 1. The Bertz CT molecular complexity index is 969. The van der Waals surface area contributed by atoms with Crippen molar-refractivity contribution in [3.8, 4) is 5.75 Å². The number of rotatable bonds is 6. The number of hydrogen-bond acceptors (Lipinski definition) is 6. The van der Waals surface area contributed by atoms with Gasteiger partial charge in [-0.15, -0.1) is 15.3 Å². The number of piperidine rings is 1. The lowest BCUT2D eigenvalue weighted by Gasteiger charge is -2.33.